The second-order valence-electron chi connectivity index (χ2n) is 3.41. The summed E-state index contributed by atoms with van der Waals surface area (Å²) in [4.78, 5) is 4.10. The summed E-state index contributed by atoms with van der Waals surface area (Å²) in [6, 6.07) is 10.6. The Morgan fingerprint density at radius 2 is 2.12 bits per heavy atom. The Morgan fingerprint density at radius 1 is 1.29 bits per heavy atom. The van der Waals surface area contributed by atoms with E-state index < -0.39 is 0 Å². The quantitative estimate of drug-likeness (QED) is 0.852. The van der Waals surface area contributed by atoms with Crippen LogP contribution in [0.3, 0.4) is 0 Å². The number of nitrogens with two attached hydrogens (primary N) is 1. The summed E-state index contributed by atoms with van der Waals surface area (Å²) < 4.78 is 0. The highest BCUT2D eigenvalue weighted by Gasteiger charge is 2.01. The molecule has 2 aromatic rings. The van der Waals surface area contributed by atoms with Crippen LogP contribution in [0.5, 0.6) is 0 Å². The van der Waals surface area contributed by atoms with Crippen LogP contribution < -0.4 is 11.1 Å². The van der Waals surface area contributed by atoms with Gasteiger partial charge in [-0.15, -0.1) is 0 Å². The lowest BCUT2D eigenvalue weighted by Crippen LogP contribution is -1.94. The number of rotatable bonds is 2. The SMILES string of the molecule is N#Cc1ccc(Nc2ccc(N)cn2)cc1Cl. The lowest BCUT2D eigenvalue weighted by molar-refractivity contribution is 1.31. The Hall–Kier alpha value is -2.25. The van der Waals surface area contributed by atoms with Crippen molar-refractivity contribution in [3.63, 3.8) is 0 Å². The topological polar surface area (TPSA) is 74.7 Å². The number of nitrogens with zero attached hydrogens (tertiary/aromatic N) is 2. The van der Waals surface area contributed by atoms with E-state index in [4.69, 9.17) is 22.6 Å². The Morgan fingerprint density at radius 3 is 2.71 bits per heavy atom. The molecule has 1 aromatic heterocycles. The van der Waals surface area contributed by atoms with Crippen molar-refractivity contribution in [2.75, 3.05) is 11.1 Å². The molecule has 0 spiro atoms. The fourth-order valence-corrected chi connectivity index (χ4v) is 1.53. The Bertz CT molecular complexity index is 572. The lowest BCUT2D eigenvalue weighted by Gasteiger charge is -2.06. The van der Waals surface area contributed by atoms with Gasteiger partial charge in [0.1, 0.15) is 11.9 Å². The molecule has 0 aliphatic heterocycles. The number of hydrogen-bond acceptors (Lipinski definition) is 4. The van der Waals surface area contributed by atoms with E-state index in [9.17, 15) is 0 Å². The minimum Gasteiger partial charge on any atom is -0.397 e. The normalized spacial score (nSPS) is 9.65. The molecule has 0 radical (unpaired) electrons. The molecular formula is C12H9ClN4. The van der Waals surface area contributed by atoms with Gasteiger partial charge >= 0.3 is 0 Å². The van der Waals surface area contributed by atoms with Gasteiger partial charge in [0, 0.05) is 5.69 Å². The molecule has 0 amide bonds. The van der Waals surface area contributed by atoms with Crippen LogP contribution in [0, 0.1) is 11.3 Å². The van der Waals surface area contributed by atoms with E-state index in [2.05, 4.69) is 10.3 Å². The average molecular weight is 245 g/mol. The highest BCUT2D eigenvalue weighted by atomic mass is 35.5. The van der Waals surface area contributed by atoms with Crippen LogP contribution in [0.15, 0.2) is 36.5 Å². The molecule has 0 aliphatic carbocycles. The number of nitriles is 1. The smallest absolute Gasteiger partial charge is 0.130 e. The van der Waals surface area contributed by atoms with Crippen LogP contribution in [-0.2, 0) is 0 Å². The van der Waals surface area contributed by atoms with E-state index in [-0.39, 0.29) is 0 Å². The summed E-state index contributed by atoms with van der Waals surface area (Å²) in [5.41, 5.74) is 7.36. The van der Waals surface area contributed by atoms with Gasteiger partial charge in [-0.05, 0) is 30.3 Å². The van der Waals surface area contributed by atoms with Crippen molar-refractivity contribution in [2.24, 2.45) is 0 Å². The van der Waals surface area contributed by atoms with Crippen LogP contribution >= 0.6 is 11.6 Å². The van der Waals surface area contributed by atoms with Crippen LogP contribution in [0.2, 0.25) is 5.02 Å². The van der Waals surface area contributed by atoms with E-state index in [0.717, 1.165) is 5.69 Å². The number of hydrogen-bond donors (Lipinski definition) is 2. The van der Waals surface area contributed by atoms with Gasteiger partial charge in [0.05, 0.1) is 22.5 Å². The molecule has 0 fully saturated rings. The molecule has 17 heavy (non-hydrogen) atoms. The summed E-state index contributed by atoms with van der Waals surface area (Å²) in [7, 11) is 0. The molecule has 0 bridgehead atoms. The maximum atomic E-state index is 8.75. The molecule has 5 heteroatoms. The van der Waals surface area contributed by atoms with Crippen LogP contribution in [0.4, 0.5) is 17.2 Å². The van der Waals surface area contributed by atoms with Crippen LogP contribution in [-0.4, -0.2) is 4.98 Å². The molecule has 0 aliphatic rings. The van der Waals surface area contributed by atoms with Gasteiger partial charge in [-0.3, -0.25) is 0 Å². The minimum absolute atomic E-state index is 0.410. The maximum Gasteiger partial charge on any atom is 0.130 e. The Balaban J connectivity index is 2.22. The van der Waals surface area contributed by atoms with Gasteiger partial charge in [-0.2, -0.15) is 5.26 Å². The predicted molar refractivity (Wildman–Crippen MR) is 68.1 cm³/mol. The highest BCUT2D eigenvalue weighted by Crippen LogP contribution is 2.22. The number of anilines is 3. The summed E-state index contributed by atoms with van der Waals surface area (Å²) >= 11 is 5.92. The fraction of sp³-hybridized carbons (Fsp3) is 0. The number of nitrogen functional groups attached to an aromatic ring is 1. The van der Waals surface area contributed by atoms with Gasteiger partial charge < -0.3 is 11.1 Å². The Labute approximate surface area is 104 Å². The standard InChI is InChI=1S/C12H9ClN4/c13-11-5-10(3-1-8(11)6-14)17-12-4-2-9(15)7-16-12/h1-5,7H,15H2,(H,16,17). The van der Waals surface area contributed by atoms with Crippen molar-refractivity contribution in [1.82, 2.24) is 4.98 Å². The highest BCUT2D eigenvalue weighted by molar-refractivity contribution is 6.32. The number of nitrogens with one attached hydrogen (secondary N) is 1. The first kappa shape index (κ1) is 11.2. The van der Waals surface area contributed by atoms with Crippen molar-refractivity contribution in [1.29, 1.82) is 5.26 Å². The zero-order valence-electron chi connectivity index (χ0n) is 8.81. The minimum atomic E-state index is 0.410. The second-order valence-corrected chi connectivity index (χ2v) is 3.82. The summed E-state index contributed by atoms with van der Waals surface area (Å²) in [5.74, 6) is 0.667. The van der Waals surface area contributed by atoms with Gasteiger partial charge in [-0.1, -0.05) is 11.6 Å². The largest absolute Gasteiger partial charge is 0.397 e. The maximum absolute atomic E-state index is 8.75. The summed E-state index contributed by atoms with van der Waals surface area (Å²) in [6.07, 6.45) is 1.56. The number of benzene rings is 1. The van der Waals surface area contributed by atoms with Crippen molar-refractivity contribution in [3.05, 3.63) is 47.1 Å². The number of halogens is 1. The van der Waals surface area contributed by atoms with E-state index >= 15 is 0 Å². The molecule has 0 unspecified atom stereocenters. The van der Waals surface area contributed by atoms with E-state index in [0.29, 0.717) is 22.1 Å². The van der Waals surface area contributed by atoms with Gasteiger partial charge in [0.15, 0.2) is 0 Å². The molecule has 3 N–H and O–H groups in total. The first-order valence-corrected chi connectivity index (χ1v) is 5.25. The Kier molecular flexibility index (Phi) is 3.12. The van der Waals surface area contributed by atoms with Crippen molar-refractivity contribution in [2.45, 2.75) is 0 Å². The molecule has 84 valence electrons. The van der Waals surface area contributed by atoms with Crippen molar-refractivity contribution >= 4 is 28.8 Å². The van der Waals surface area contributed by atoms with E-state index in [1.807, 2.05) is 6.07 Å². The van der Waals surface area contributed by atoms with Crippen LogP contribution in [0.25, 0.3) is 0 Å². The first-order valence-electron chi connectivity index (χ1n) is 4.87. The monoisotopic (exact) mass is 244 g/mol. The number of pyridine rings is 1. The fourth-order valence-electron chi connectivity index (χ4n) is 1.31. The van der Waals surface area contributed by atoms with Gasteiger partial charge in [0.25, 0.3) is 0 Å². The molecular weight excluding hydrogens is 236 g/mol. The zero-order valence-corrected chi connectivity index (χ0v) is 9.57. The lowest BCUT2D eigenvalue weighted by atomic mass is 10.2. The third-order valence-corrected chi connectivity index (χ3v) is 2.46. The summed E-state index contributed by atoms with van der Waals surface area (Å²) in [5, 5.41) is 12.2. The molecule has 1 heterocycles. The average Bonchev–Trinajstić information content (AvgIpc) is 2.32. The van der Waals surface area contributed by atoms with Crippen LogP contribution in [0.1, 0.15) is 5.56 Å². The van der Waals surface area contributed by atoms with Gasteiger partial charge in [-0.25, -0.2) is 4.98 Å². The predicted octanol–water partition coefficient (Wildman–Crippen LogP) is 2.93. The molecule has 1 aromatic carbocycles. The van der Waals surface area contributed by atoms with Crippen molar-refractivity contribution in [3.8, 4) is 6.07 Å². The third-order valence-electron chi connectivity index (χ3n) is 2.15. The van der Waals surface area contributed by atoms with E-state index in [1.54, 1.807) is 36.5 Å². The summed E-state index contributed by atoms with van der Waals surface area (Å²) in [6.45, 7) is 0. The first-order chi connectivity index (χ1) is 8.19. The molecule has 0 saturated carbocycles. The molecule has 4 nitrogen and oxygen atoms in total. The molecule has 0 atom stereocenters. The van der Waals surface area contributed by atoms with Crippen molar-refractivity contribution < 1.29 is 0 Å². The van der Waals surface area contributed by atoms with Gasteiger partial charge in [0.2, 0.25) is 0 Å². The molecule has 2 rings (SSSR count). The third kappa shape index (κ3) is 2.65. The number of aromatic nitrogens is 1. The zero-order chi connectivity index (χ0) is 12.3. The molecule has 0 saturated heterocycles. The second kappa shape index (κ2) is 4.73. The van der Waals surface area contributed by atoms with E-state index in [1.165, 1.54) is 0 Å².